The number of ether oxygens (including phenoxy) is 1. The van der Waals surface area contributed by atoms with Crippen molar-refractivity contribution in [3.8, 4) is 5.69 Å². The maximum Gasteiger partial charge on any atom is 0.310 e. The molecule has 3 aromatic rings. The van der Waals surface area contributed by atoms with Crippen molar-refractivity contribution in [3.63, 3.8) is 0 Å². The van der Waals surface area contributed by atoms with E-state index in [1.807, 2.05) is 40.1 Å². The van der Waals surface area contributed by atoms with Crippen LogP contribution in [0, 0.1) is 5.92 Å². The highest BCUT2D eigenvalue weighted by molar-refractivity contribution is 7.90. The second kappa shape index (κ2) is 12.8. The highest BCUT2D eigenvalue weighted by Gasteiger charge is 2.33. The average Bonchev–Trinajstić information content (AvgIpc) is 3.01. The van der Waals surface area contributed by atoms with Gasteiger partial charge in [0.1, 0.15) is 5.69 Å². The Balaban J connectivity index is 1.41. The van der Waals surface area contributed by atoms with Crippen LogP contribution in [0.3, 0.4) is 0 Å². The van der Waals surface area contributed by atoms with Crippen LogP contribution in [0.1, 0.15) is 30.1 Å². The minimum atomic E-state index is -3.46. The lowest BCUT2D eigenvalue weighted by Crippen LogP contribution is -2.50. The molecule has 1 atom stereocenters. The molecule has 0 aliphatic carbocycles. The molecule has 5 rings (SSSR count). The summed E-state index contributed by atoms with van der Waals surface area (Å²) in [6.07, 6.45) is 4.19. The summed E-state index contributed by atoms with van der Waals surface area (Å²) in [5.74, 6) is -0.898. The lowest BCUT2D eigenvalue weighted by Gasteiger charge is -2.39. The van der Waals surface area contributed by atoms with Crippen LogP contribution in [0.5, 0.6) is 0 Å². The lowest BCUT2D eigenvalue weighted by atomic mass is 9.97. The second-order valence-corrected chi connectivity index (χ2v) is 13.1. The summed E-state index contributed by atoms with van der Waals surface area (Å²) >= 11 is 6.31. The van der Waals surface area contributed by atoms with Crippen molar-refractivity contribution >= 4 is 44.7 Å². The SMILES string of the molecule is CCOC(=O)[C@H]1CCCN(c2c(N3CCN(C(=O)c4ccc(S(C)(=O)=O)cc4Cl)CC3)cnn(-c3ccccc3)c2=O)C1. The first kappa shape index (κ1) is 30.6. The van der Waals surface area contributed by atoms with Gasteiger partial charge in [-0.05, 0) is 50.1 Å². The van der Waals surface area contributed by atoms with E-state index < -0.39 is 9.84 Å². The fraction of sp³-hybridized carbons (Fsp3) is 0.400. The van der Waals surface area contributed by atoms with Crippen molar-refractivity contribution in [2.24, 2.45) is 5.92 Å². The van der Waals surface area contributed by atoms with Crippen LogP contribution in [0.2, 0.25) is 5.02 Å². The number of nitrogens with zero attached hydrogens (tertiary/aromatic N) is 5. The van der Waals surface area contributed by atoms with Crippen molar-refractivity contribution in [3.05, 3.63) is 75.7 Å². The number of sulfone groups is 1. The minimum Gasteiger partial charge on any atom is -0.466 e. The summed E-state index contributed by atoms with van der Waals surface area (Å²) in [4.78, 5) is 45.6. The van der Waals surface area contributed by atoms with E-state index >= 15 is 0 Å². The van der Waals surface area contributed by atoms with Gasteiger partial charge in [0.2, 0.25) is 0 Å². The van der Waals surface area contributed by atoms with Gasteiger partial charge in [0.05, 0.1) is 45.6 Å². The third-order valence-electron chi connectivity index (χ3n) is 7.80. The van der Waals surface area contributed by atoms with Crippen LogP contribution in [0.25, 0.3) is 5.69 Å². The summed E-state index contributed by atoms with van der Waals surface area (Å²) in [5.41, 5.74) is 1.68. The van der Waals surface area contributed by atoms with Gasteiger partial charge in [0, 0.05) is 45.5 Å². The first-order valence-corrected chi connectivity index (χ1v) is 16.5. The summed E-state index contributed by atoms with van der Waals surface area (Å²) in [7, 11) is -3.46. The highest BCUT2D eigenvalue weighted by Crippen LogP contribution is 2.31. The van der Waals surface area contributed by atoms with Crippen LogP contribution in [-0.2, 0) is 19.4 Å². The Kier molecular flexibility index (Phi) is 9.07. The maximum atomic E-state index is 14.0. The van der Waals surface area contributed by atoms with Crippen LogP contribution in [0.15, 0.2) is 64.4 Å². The molecule has 0 spiro atoms. The standard InChI is InChI=1S/C30H34ClN5O6S/c1-3-42-30(39)21-8-7-13-35(20-21)27-26(19-32-36(29(27)38)22-9-5-4-6-10-22)33-14-16-34(17-15-33)28(37)24-12-11-23(18-25(24)31)43(2,40)41/h4-6,9-12,18-19,21H,3,7-8,13-17,20H2,1-2H3/t21-/m0/s1. The summed E-state index contributed by atoms with van der Waals surface area (Å²) in [6.45, 7) is 4.63. The van der Waals surface area contributed by atoms with E-state index in [-0.39, 0.29) is 38.8 Å². The Bertz CT molecular complexity index is 1670. The van der Waals surface area contributed by atoms with E-state index in [1.54, 1.807) is 18.0 Å². The molecular weight excluding hydrogens is 594 g/mol. The Morgan fingerprint density at radius 2 is 1.74 bits per heavy atom. The van der Waals surface area contributed by atoms with E-state index in [2.05, 4.69) is 5.10 Å². The number of piperazine rings is 1. The molecule has 13 heteroatoms. The number of aromatic nitrogens is 2. The molecule has 2 fully saturated rings. The number of anilines is 2. The highest BCUT2D eigenvalue weighted by atomic mass is 35.5. The van der Waals surface area contributed by atoms with Crippen LogP contribution in [-0.4, -0.2) is 87.1 Å². The first-order chi connectivity index (χ1) is 20.6. The number of hydrogen-bond acceptors (Lipinski definition) is 9. The first-order valence-electron chi connectivity index (χ1n) is 14.2. The second-order valence-electron chi connectivity index (χ2n) is 10.7. The summed E-state index contributed by atoms with van der Waals surface area (Å²) < 4.78 is 30.4. The van der Waals surface area contributed by atoms with E-state index in [0.717, 1.165) is 12.7 Å². The number of rotatable bonds is 7. The number of carbonyl (C=O) groups is 2. The molecule has 0 N–H and O–H groups in total. The molecule has 0 unspecified atom stereocenters. The van der Waals surface area contributed by atoms with Crippen molar-refractivity contribution in [1.29, 1.82) is 0 Å². The fourth-order valence-electron chi connectivity index (χ4n) is 5.57. The van der Waals surface area contributed by atoms with Gasteiger partial charge in [0.25, 0.3) is 11.5 Å². The van der Waals surface area contributed by atoms with E-state index in [1.165, 1.54) is 22.9 Å². The zero-order valence-electron chi connectivity index (χ0n) is 24.1. The zero-order chi connectivity index (χ0) is 30.7. The molecule has 2 aliphatic heterocycles. The van der Waals surface area contributed by atoms with Gasteiger partial charge in [-0.3, -0.25) is 14.4 Å². The molecule has 1 aromatic heterocycles. The fourth-order valence-corrected chi connectivity index (χ4v) is 6.54. The predicted molar refractivity (Wildman–Crippen MR) is 164 cm³/mol. The van der Waals surface area contributed by atoms with Crippen LogP contribution in [0.4, 0.5) is 11.4 Å². The van der Waals surface area contributed by atoms with Gasteiger partial charge in [-0.2, -0.15) is 9.78 Å². The summed E-state index contributed by atoms with van der Waals surface area (Å²) in [6, 6.07) is 13.3. The normalized spacial score (nSPS) is 17.6. The van der Waals surface area contributed by atoms with E-state index in [9.17, 15) is 22.8 Å². The number of para-hydroxylation sites is 1. The monoisotopic (exact) mass is 627 g/mol. The van der Waals surface area contributed by atoms with Crippen molar-refractivity contribution < 1.29 is 22.7 Å². The smallest absolute Gasteiger partial charge is 0.310 e. The molecule has 43 heavy (non-hydrogen) atoms. The minimum absolute atomic E-state index is 0.0482. The quantitative estimate of drug-likeness (QED) is 0.364. The molecular formula is C30H34ClN5O6S. The third kappa shape index (κ3) is 6.54. The van der Waals surface area contributed by atoms with Gasteiger partial charge >= 0.3 is 5.97 Å². The maximum absolute atomic E-state index is 14.0. The Morgan fingerprint density at radius 3 is 2.40 bits per heavy atom. The average molecular weight is 628 g/mol. The van der Waals surface area contributed by atoms with Gasteiger partial charge in [-0.25, -0.2) is 8.42 Å². The number of amides is 1. The Morgan fingerprint density at radius 1 is 1.02 bits per heavy atom. The predicted octanol–water partition coefficient (Wildman–Crippen LogP) is 3.03. The van der Waals surface area contributed by atoms with Gasteiger partial charge < -0.3 is 19.4 Å². The number of piperidine rings is 1. The molecule has 2 aromatic carbocycles. The molecule has 228 valence electrons. The summed E-state index contributed by atoms with van der Waals surface area (Å²) in [5, 5.41) is 4.58. The van der Waals surface area contributed by atoms with Crippen LogP contribution >= 0.6 is 11.6 Å². The number of benzene rings is 2. The van der Waals surface area contributed by atoms with Crippen molar-refractivity contribution in [2.45, 2.75) is 24.7 Å². The molecule has 3 heterocycles. The molecule has 0 bridgehead atoms. The largest absolute Gasteiger partial charge is 0.466 e. The Labute approximate surface area is 255 Å². The van der Waals surface area contributed by atoms with Crippen molar-refractivity contribution in [1.82, 2.24) is 14.7 Å². The number of carbonyl (C=O) groups excluding carboxylic acids is 2. The van der Waals surface area contributed by atoms with Crippen molar-refractivity contribution in [2.75, 3.05) is 61.9 Å². The molecule has 0 radical (unpaired) electrons. The molecule has 2 saturated heterocycles. The topological polar surface area (TPSA) is 122 Å². The van der Waals surface area contributed by atoms with E-state index in [0.29, 0.717) is 69.4 Å². The van der Waals surface area contributed by atoms with E-state index in [4.69, 9.17) is 16.3 Å². The number of hydrogen-bond donors (Lipinski definition) is 0. The lowest BCUT2D eigenvalue weighted by molar-refractivity contribution is -0.148. The van der Waals surface area contributed by atoms with Gasteiger partial charge in [-0.15, -0.1) is 0 Å². The number of halogens is 1. The molecule has 2 aliphatic rings. The number of esters is 1. The molecule has 0 saturated carbocycles. The zero-order valence-corrected chi connectivity index (χ0v) is 25.7. The van der Waals surface area contributed by atoms with Gasteiger partial charge in [-0.1, -0.05) is 29.8 Å². The van der Waals surface area contributed by atoms with Crippen LogP contribution < -0.4 is 15.4 Å². The molecule has 11 nitrogen and oxygen atoms in total. The van der Waals surface area contributed by atoms with Gasteiger partial charge in [0.15, 0.2) is 9.84 Å². The Hall–Kier alpha value is -3.90. The third-order valence-corrected chi connectivity index (χ3v) is 9.22. The molecule has 1 amide bonds.